The molecule has 0 saturated carbocycles. The molecule has 1 radical (unpaired) electrons. The van der Waals surface area contributed by atoms with Crippen LogP contribution in [0, 0.1) is 30.3 Å². The molecule has 0 fully saturated rings. The summed E-state index contributed by atoms with van der Waals surface area (Å²) >= 11 is 0. The predicted octanol–water partition coefficient (Wildman–Crippen LogP) is 11.9. The molecule has 3 nitrogen and oxygen atoms in total. The van der Waals surface area contributed by atoms with Gasteiger partial charge in [-0.3, -0.25) is 4.39 Å². The van der Waals surface area contributed by atoms with E-state index in [-0.39, 0.29) is 36.8 Å². The van der Waals surface area contributed by atoms with Crippen molar-refractivity contribution in [2.75, 3.05) is 0 Å². The van der Waals surface area contributed by atoms with Crippen molar-refractivity contribution in [2.45, 2.75) is 73.0 Å². The number of hydrogen-bond acceptors (Lipinski definition) is 3. The molecule has 0 atom stereocenters. The molecule has 269 valence electrons. The van der Waals surface area contributed by atoms with Gasteiger partial charge in [0.15, 0.2) is 0 Å². The summed E-state index contributed by atoms with van der Waals surface area (Å²) in [5.74, 6) is -0.220. The molecular formula is C46H47FIrN2OSi-2. The number of aromatic nitrogens is 2. The second-order valence-electron chi connectivity index (χ2n) is 16.2. The van der Waals surface area contributed by atoms with Crippen molar-refractivity contribution in [1.82, 2.24) is 9.97 Å². The van der Waals surface area contributed by atoms with Crippen LogP contribution in [0.4, 0.5) is 4.39 Å². The molecule has 6 heteroatoms. The maximum Gasteiger partial charge on any atom is 0.120 e. The normalized spacial score (nSPS) is 12.0. The molecule has 0 aliphatic carbocycles. The summed E-state index contributed by atoms with van der Waals surface area (Å²) in [5, 5.41) is 3.58. The van der Waals surface area contributed by atoms with E-state index >= 15 is 0 Å². The zero-order chi connectivity index (χ0) is 36.6. The Labute approximate surface area is 323 Å². The largest absolute Gasteiger partial charge is 0.501 e. The molecule has 7 aromatic rings. The van der Waals surface area contributed by atoms with Gasteiger partial charge in [0.05, 0.1) is 13.7 Å². The van der Waals surface area contributed by atoms with Gasteiger partial charge in [0.1, 0.15) is 5.58 Å². The molecule has 0 N–H and O–H groups in total. The van der Waals surface area contributed by atoms with E-state index in [9.17, 15) is 4.39 Å². The monoisotopic (exact) mass is 883 g/mol. The van der Waals surface area contributed by atoms with Crippen LogP contribution in [0.3, 0.4) is 0 Å². The molecule has 0 aliphatic heterocycles. The van der Waals surface area contributed by atoms with E-state index in [2.05, 4.69) is 137 Å². The number of para-hydroxylation sites is 1. The Morgan fingerprint density at radius 3 is 2.10 bits per heavy atom. The van der Waals surface area contributed by atoms with E-state index in [1.165, 1.54) is 21.9 Å². The van der Waals surface area contributed by atoms with E-state index in [4.69, 9.17) is 4.42 Å². The van der Waals surface area contributed by atoms with Crippen LogP contribution in [0.2, 0.25) is 19.6 Å². The standard InChI is InChI=1S/C26H20NO.C20H27FNSi.Ir/c1-26(2,18-9-4-3-5-10-18)19-15-16-27-23(17-19)22-13-8-12-21-20-11-6-7-14-24(20)28-25(21)22;1-14-9-8-10-16(19(14)21)17-11-15(12-20(2,3)4)18(13-22-17)23(5,6)7;/h3-12,14-17H,1-2H3;8-9,11,13H,12H2,1-7H3;/q2*-1;. The number of furan rings is 1. The Bertz CT molecular complexity index is 2320. The fourth-order valence-corrected chi connectivity index (χ4v) is 8.23. The third-order valence-electron chi connectivity index (χ3n) is 9.47. The number of hydrogen-bond donors (Lipinski definition) is 0. The quantitative estimate of drug-likeness (QED) is 0.123. The fraction of sp³-hybridized carbons (Fsp3) is 0.261. The molecule has 7 rings (SSSR count). The average Bonchev–Trinajstić information content (AvgIpc) is 3.48. The minimum Gasteiger partial charge on any atom is -0.501 e. The van der Waals surface area contributed by atoms with Crippen LogP contribution in [-0.2, 0) is 31.9 Å². The third-order valence-corrected chi connectivity index (χ3v) is 11.5. The SMILES string of the molecule is CC(C)(c1ccccc1)c1ccnc(-c2[c-]ccc3c2oc2ccccc23)c1.Cc1cc[c-]c(-c2cc(CC(C)(C)C)c([Si](C)(C)C)cn2)c1F.[Ir]. The number of halogens is 1. The van der Waals surface area contributed by atoms with Gasteiger partial charge in [-0.15, -0.1) is 36.4 Å². The van der Waals surface area contributed by atoms with Crippen LogP contribution in [0.5, 0.6) is 0 Å². The molecule has 0 bridgehead atoms. The van der Waals surface area contributed by atoms with Gasteiger partial charge in [-0.2, -0.15) is 0 Å². The molecule has 4 aromatic carbocycles. The maximum atomic E-state index is 14.4. The molecule has 0 amide bonds. The van der Waals surface area contributed by atoms with Crippen LogP contribution in [0.15, 0.2) is 114 Å². The van der Waals surface area contributed by atoms with E-state index in [1.54, 1.807) is 19.1 Å². The topological polar surface area (TPSA) is 38.9 Å². The van der Waals surface area contributed by atoms with Crippen molar-refractivity contribution >= 4 is 35.2 Å². The van der Waals surface area contributed by atoms with Gasteiger partial charge < -0.3 is 14.4 Å². The van der Waals surface area contributed by atoms with Crippen LogP contribution < -0.4 is 5.19 Å². The van der Waals surface area contributed by atoms with Crippen molar-refractivity contribution < 1.29 is 28.9 Å². The zero-order valence-electron chi connectivity index (χ0n) is 31.6. The number of rotatable bonds is 6. The first-order valence-electron chi connectivity index (χ1n) is 17.6. The molecule has 0 spiro atoms. The van der Waals surface area contributed by atoms with Crippen LogP contribution in [-0.4, -0.2) is 18.0 Å². The Hall–Kier alpha value is -4.22. The third kappa shape index (κ3) is 8.36. The first-order chi connectivity index (χ1) is 24.1. The second-order valence-corrected chi connectivity index (χ2v) is 21.2. The van der Waals surface area contributed by atoms with Crippen molar-refractivity contribution in [1.29, 1.82) is 0 Å². The molecule has 3 aromatic heterocycles. The first-order valence-corrected chi connectivity index (χ1v) is 21.1. The van der Waals surface area contributed by atoms with Gasteiger partial charge in [0, 0.05) is 49.1 Å². The number of benzene rings is 4. The van der Waals surface area contributed by atoms with E-state index in [0.717, 1.165) is 39.6 Å². The van der Waals surface area contributed by atoms with Crippen LogP contribution >= 0.6 is 0 Å². The molecule has 0 unspecified atom stereocenters. The molecule has 52 heavy (non-hydrogen) atoms. The second kappa shape index (κ2) is 15.4. The first kappa shape index (κ1) is 39.0. The fourth-order valence-electron chi connectivity index (χ4n) is 6.65. The predicted molar refractivity (Wildman–Crippen MR) is 214 cm³/mol. The Kier molecular flexibility index (Phi) is 11.5. The summed E-state index contributed by atoms with van der Waals surface area (Å²) in [4.78, 5) is 9.22. The van der Waals surface area contributed by atoms with Crippen molar-refractivity contribution in [3.05, 3.63) is 150 Å². The molecular weight excluding hydrogens is 836 g/mol. The van der Waals surface area contributed by atoms with E-state index in [0.29, 0.717) is 16.8 Å². The van der Waals surface area contributed by atoms with Crippen molar-refractivity contribution in [3.8, 4) is 22.5 Å². The van der Waals surface area contributed by atoms with Crippen LogP contribution in [0.1, 0.15) is 56.9 Å². The maximum absolute atomic E-state index is 14.4. The van der Waals surface area contributed by atoms with Gasteiger partial charge >= 0.3 is 0 Å². The smallest absolute Gasteiger partial charge is 0.120 e. The number of fused-ring (bicyclic) bond motifs is 3. The van der Waals surface area contributed by atoms with Crippen molar-refractivity contribution in [3.63, 3.8) is 0 Å². The summed E-state index contributed by atoms with van der Waals surface area (Å²) in [5.41, 5.74) is 9.15. The summed E-state index contributed by atoms with van der Waals surface area (Å²) < 4.78 is 20.6. The van der Waals surface area contributed by atoms with Gasteiger partial charge in [-0.25, -0.2) is 0 Å². The summed E-state index contributed by atoms with van der Waals surface area (Å²) in [7, 11) is -1.49. The number of pyridine rings is 2. The minimum absolute atomic E-state index is 0. The molecule has 0 saturated heterocycles. The number of aryl methyl sites for hydroxylation is 1. The molecule has 0 aliphatic rings. The minimum atomic E-state index is -1.49. The van der Waals surface area contributed by atoms with E-state index < -0.39 is 8.07 Å². The van der Waals surface area contributed by atoms with Crippen LogP contribution in [0.25, 0.3) is 44.5 Å². The molecule has 3 heterocycles. The van der Waals surface area contributed by atoms with Gasteiger partial charge in [0.25, 0.3) is 0 Å². The number of nitrogens with zero attached hydrogens (tertiary/aromatic N) is 2. The van der Waals surface area contributed by atoms with Gasteiger partial charge in [-0.05, 0) is 51.7 Å². The zero-order valence-corrected chi connectivity index (χ0v) is 35.0. The summed E-state index contributed by atoms with van der Waals surface area (Å²) in [6.07, 6.45) is 4.82. The Balaban J connectivity index is 0.000000202. The summed E-state index contributed by atoms with van der Waals surface area (Å²) in [6.45, 7) is 20.0. The van der Waals surface area contributed by atoms with Crippen molar-refractivity contribution in [2.24, 2.45) is 5.41 Å². The average molecular weight is 883 g/mol. The Morgan fingerprint density at radius 1 is 0.731 bits per heavy atom. The Morgan fingerprint density at radius 2 is 1.38 bits per heavy atom. The van der Waals surface area contributed by atoms with Gasteiger partial charge in [-0.1, -0.05) is 149 Å². The van der Waals surface area contributed by atoms with Gasteiger partial charge in [0.2, 0.25) is 0 Å². The summed E-state index contributed by atoms with van der Waals surface area (Å²) in [6, 6.07) is 38.9. The van der Waals surface area contributed by atoms with E-state index in [1.807, 2.05) is 36.7 Å².